The average Bonchev–Trinajstić information content (AvgIpc) is 3.35. The maximum absolute atomic E-state index is 13.5. The Hall–Kier alpha value is -3.07. The quantitative estimate of drug-likeness (QED) is 0.0156. The number of ether oxygens (including phenoxy) is 1. The van der Waals surface area contributed by atoms with Crippen LogP contribution in [-0.4, -0.2) is 74.3 Å². The van der Waals surface area contributed by atoms with Crippen molar-refractivity contribution in [3.05, 3.63) is 97.2 Å². The van der Waals surface area contributed by atoms with Crippen LogP contribution in [0, 0.1) is 0 Å². The van der Waals surface area contributed by atoms with Crippen LogP contribution in [0.5, 0.6) is 0 Å². The van der Waals surface area contributed by atoms with E-state index in [9.17, 15) is 19.0 Å². The van der Waals surface area contributed by atoms with E-state index in [2.05, 4.69) is 111 Å². The summed E-state index contributed by atoms with van der Waals surface area (Å²) < 4.78 is 30.6. The highest BCUT2D eigenvalue weighted by molar-refractivity contribution is 7.47. The van der Waals surface area contributed by atoms with Gasteiger partial charge in [-0.3, -0.25) is 18.6 Å². The van der Waals surface area contributed by atoms with Crippen molar-refractivity contribution in [2.75, 3.05) is 40.9 Å². The van der Waals surface area contributed by atoms with Crippen molar-refractivity contribution in [1.29, 1.82) is 0 Å². The fraction of sp³-hybridized carbons (Fsp3) is 0.714. The summed E-state index contributed by atoms with van der Waals surface area (Å²) in [6.45, 7) is 6.82. The maximum Gasteiger partial charge on any atom is 0.472 e. The van der Waals surface area contributed by atoms with E-state index in [1.54, 1.807) is 0 Å². The lowest BCUT2D eigenvalue weighted by Crippen LogP contribution is -2.47. The van der Waals surface area contributed by atoms with Gasteiger partial charge in [-0.2, -0.15) is 0 Å². The Morgan fingerprint density at radius 3 is 1.42 bits per heavy atom. The first kappa shape index (κ1) is 69.9. The third kappa shape index (κ3) is 53.6. The summed E-state index contributed by atoms with van der Waals surface area (Å²) in [4.78, 5) is 37.6. The average molecular weight is 1040 g/mol. The number of carbonyl (C=O) groups excluding carboxylic acids is 2. The van der Waals surface area contributed by atoms with Crippen LogP contribution in [0.25, 0.3) is 0 Å². The number of nitrogens with one attached hydrogen (secondary N) is 1. The van der Waals surface area contributed by atoms with Gasteiger partial charge in [-0.1, -0.05) is 221 Å². The molecule has 0 radical (unpaired) electrons. The molecule has 73 heavy (non-hydrogen) atoms. The molecule has 0 aromatic carbocycles. The molecule has 0 bridgehead atoms. The molecular formula is C63H112N2O7P+. The molecule has 420 valence electrons. The summed E-state index contributed by atoms with van der Waals surface area (Å²) >= 11 is 0. The van der Waals surface area contributed by atoms with Crippen LogP contribution < -0.4 is 5.32 Å². The van der Waals surface area contributed by atoms with Crippen molar-refractivity contribution < 1.29 is 37.3 Å². The second-order valence-electron chi connectivity index (χ2n) is 20.8. The van der Waals surface area contributed by atoms with Gasteiger partial charge in [0, 0.05) is 12.8 Å². The summed E-state index contributed by atoms with van der Waals surface area (Å²) in [5.74, 6) is -0.547. The minimum absolute atomic E-state index is 0.0293. The van der Waals surface area contributed by atoms with Gasteiger partial charge in [0.1, 0.15) is 19.3 Å². The van der Waals surface area contributed by atoms with Gasteiger partial charge in [-0.25, -0.2) is 4.57 Å². The van der Waals surface area contributed by atoms with Gasteiger partial charge in [0.15, 0.2) is 0 Å². The summed E-state index contributed by atoms with van der Waals surface area (Å²) in [5, 5.41) is 3.03. The molecule has 0 fully saturated rings. The zero-order valence-corrected chi connectivity index (χ0v) is 48.7. The van der Waals surface area contributed by atoms with Gasteiger partial charge in [-0.15, -0.1) is 0 Å². The molecule has 0 heterocycles. The molecule has 3 atom stereocenters. The molecule has 2 N–H and O–H groups in total. The summed E-state index contributed by atoms with van der Waals surface area (Å²) in [6, 6.07) is -0.868. The number of hydrogen-bond acceptors (Lipinski definition) is 6. The molecule has 0 aromatic heterocycles. The number of amides is 1. The predicted octanol–water partition coefficient (Wildman–Crippen LogP) is 18.0. The zero-order valence-electron chi connectivity index (χ0n) is 47.8. The van der Waals surface area contributed by atoms with Crippen LogP contribution in [-0.2, 0) is 27.9 Å². The maximum atomic E-state index is 13.5. The van der Waals surface area contributed by atoms with E-state index in [-0.39, 0.29) is 31.5 Å². The van der Waals surface area contributed by atoms with Gasteiger partial charge in [0.25, 0.3) is 0 Å². The van der Waals surface area contributed by atoms with Gasteiger partial charge in [0.2, 0.25) is 5.91 Å². The molecule has 0 aliphatic heterocycles. The minimum atomic E-state index is -4.46. The Labute approximate surface area is 449 Å². The van der Waals surface area contributed by atoms with E-state index in [1.807, 2.05) is 33.3 Å². The molecule has 0 spiro atoms. The van der Waals surface area contributed by atoms with Crippen LogP contribution in [0.3, 0.4) is 0 Å². The lowest BCUT2D eigenvalue weighted by molar-refractivity contribution is -0.870. The van der Waals surface area contributed by atoms with Crippen LogP contribution in [0.2, 0.25) is 0 Å². The van der Waals surface area contributed by atoms with E-state index in [4.69, 9.17) is 13.8 Å². The Kier molecular flexibility index (Phi) is 50.2. The Bertz CT molecular complexity index is 1570. The molecule has 0 saturated carbocycles. The first-order valence-corrected chi connectivity index (χ1v) is 31.1. The second-order valence-corrected chi connectivity index (χ2v) is 22.3. The van der Waals surface area contributed by atoms with Gasteiger partial charge < -0.3 is 19.4 Å². The lowest BCUT2D eigenvalue weighted by atomic mass is 10.1. The number of phosphoric acid groups is 1. The van der Waals surface area contributed by atoms with Crippen LogP contribution in [0.1, 0.15) is 239 Å². The summed E-state index contributed by atoms with van der Waals surface area (Å²) in [6.07, 6.45) is 69.7. The molecule has 0 aliphatic carbocycles. The highest BCUT2D eigenvalue weighted by Gasteiger charge is 2.30. The van der Waals surface area contributed by atoms with Gasteiger partial charge in [-0.05, 0) is 102 Å². The Morgan fingerprint density at radius 2 is 0.918 bits per heavy atom. The molecule has 3 unspecified atom stereocenters. The van der Waals surface area contributed by atoms with Crippen molar-refractivity contribution in [2.24, 2.45) is 0 Å². The van der Waals surface area contributed by atoms with E-state index in [0.717, 1.165) is 128 Å². The number of phosphoric ester groups is 1. The zero-order chi connectivity index (χ0) is 53.6. The molecule has 0 rings (SSSR count). The molecule has 0 aliphatic rings. The number of esters is 1. The molecule has 0 saturated heterocycles. The first-order valence-electron chi connectivity index (χ1n) is 29.6. The largest absolute Gasteiger partial charge is 0.472 e. The molecule has 0 aromatic rings. The number of nitrogens with zero attached hydrogens (tertiary/aromatic N) is 1. The number of unbranched alkanes of at least 4 members (excludes halogenated alkanes) is 23. The number of allylic oxidation sites excluding steroid dienone is 15. The van der Waals surface area contributed by atoms with E-state index < -0.39 is 20.0 Å². The molecule has 10 heteroatoms. The number of rotatable bonds is 52. The van der Waals surface area contributed by atoms with E-state index >= 15 is 0 Å². The topological polar surface area (TPSA) is 111 Å². The smallest absolute Gasteiger partial charge is 0.456 e. The van der Waals surface area contributed by atoms with Crippen molar-refractivity contribution in [3.8, 4) is 0 Å². The van der Waals surface area contributed by atoms with Gasteiger partial charge in [0.05, 0.1) is 33.8 Å². The highest BCUT2D eigenvalue weighted by atomic mass is 31.2. The van der Waals surface area contributed by atoms with E-state index in [0.29, 0.717) is 17.4 Å². The predicted molar refractivity (Wildman–Crippen MR) is 314 cm³/mol. The molecule has 9 nitrogen and oxygen atoms in total. The molecule has 1 amide bonds. The number of quaternary nitrogens is 1. The van der Waals surface area contributed by atoms with Crippen LogP contribution >= 0.6 is 7.82 Å². The number of likely N-dealkylation sites (N-methyl/N-ethyl adjacent to an activating group) is 1. The SMILES string of the molecule is CC/C=C\C/C=C\C/C=C\C/C=C\C/C=C\CCCCCCCC(=O)NC(COP(=O)(O)OCC[N+](C)(C)C)C(/C=C\CCCCCCCCCCC)OC(=O)CCCCCCCC/C=C/C=C/CCCCC. The minimum Gasteiger partial charge on any atom is -0.456 e. The number of hydrogen-bond donors (Lipinski definition) is 2. The summed E-state index contributed by atoms with van der Waals surface area (Å²) in [5.41, 5.74) is 0. The van der Waals surface area contributed by atoms with Crippen molar-refractivity contribution in [1.82, 2.24) is 5.32 Å². The first-order chi connectivity index (χ1) is 35.4. The van der Waals surface area contributed by atoms with Crippen molar-refractivity contribution >= 4 is 19.7 Å². The normalized spacial score (nSPS) is 14.5. The van der Waals surface area contributed by atoms with Crippen LogP contribution in [0.4, 0.5) is 0 Å². The highest BCUT2D eigenvalue weighted by Crippen LogP contribution is 2.43. The Morgan fingerprint density at radius 1 is 0.507 bits per heavy atom. The van der Waals surface area contributed by atoms with Crippen molar-refractivity contribution in [2.45, 2.75) is 251 Å². The van der Waals surface area contributed by atoms with Gasteiger partial charge >= 0.3 is 13.8 Å². The fourth-order valence-electron chi connectivity index (χ4n) is 7.96. The summed E-state index contributed by atoms with van der Waals surface area (Å²) in [7, 11) is 1.46. The third-order valence-corrected chi connectivity index (χ3v) is 13.5. The lowest BCUT2D eigenvalue weighted by Gasteiger charge is -2.27. The van der Waals surface area contributed by atoms with E-state index in [1.165, 1.54) is 77.0 Å². The molecular weight excluding hydrogens is 928 g/mol. The van der Waals surface area contributed by atoms with Crippen molar-refractivity contribution in [3.63, 3.8) is 0 Å². The standard InChI is InChI=1S/C63H111N2O7P/c1-7-10-13-16-19-22-25-27-29-30-31-32-33-34-36-37-40-43-46-49-52-55-62(66)64-60(59-71-73(68,69)70-58-57-65(4,5)6)61(54-51-48-45-42-39-24-21-18-15-12-9-3)72-63(67)56-53-50-47-44-41-38-35-28-26-23-20-17-14-11-8-2/h10,13,19-20,22-23,26-29,31-32,34,36,51,54,60-61H,7-9,11-12,14-18,21,24-25,30,33,35,37-50,52-53,55-59H2,1-6H3,(H-,64,66,68,69)/p+1/b13-10-,22-19-,23-20+,28-26+,29-27-,32-31-,36-34-,54-51-. The third-order valence-electron chi connectivity index (χ3n) is 12.5. The monoisotopic (exact) mass is 1040 g/mol. The van der Waals surface area contributed by atoms with Crippen LogP contribution in [0.15, 0.2) is 97.2 Å². The number of carbonyl (C=O) groups is 2. The fourth-order valence-corrected chi connectivity index (χ4v) is 8.69. The Balaban J connectivity index is 5.32. The second kappa shape index (κ2) is 52.4.